The minimum atomic E-state index is -0.0516. The normalized spacial score (nSPS) is 14.0. The number of aryl methyl sites for hydroxylation is 1. The molecule has 0 aliphatic heterocycles. The van der Waals surface area contributed by atoms with E-state index in [4.69, 9.17) is 0 Å². The highest BCUT2D eigenvalue weighted by Crippen LogP contribution is 2.27. The Hall–Kier alpha value is -2.40. The Bertz CT molecular complexity index is 847. The molecule has 1 aromatic carbocycles. The number of carbonyl (C=O) groups excluding carboxylic acids is 1. The molecule has 2 aromatic heterocycles. The Morgan fingerprint density at radius 3 is 2.83 bits per heavy atom. The number of thiophene rings is 1. The Morgan fingerprint density at radius 2 is 2.13 bits per heavy atom. The van der Waals surface area contributed by atoms with E-state index < -0.39 is 0 Å². The summed E-state index contributed by atoms with van der Waals surface area (Å²) in [5, 5.41) is 9.76. The van der Waals surface area contributed by atoms with Crippen LogP contribution in [0, 0.1) is 6.92 Å². The standard InChI is InChI=1S/C18H17N3OS/c1-12-4-2-5-14(10-12)21-16(18(22)19-13-7-8-13)11-15(20-21)17-6-3-9-23-17/h2-6,9-11,13H,7-8H2,1H3,(H,19,22). The van der Waals surface area contributed by atoms with Gasteiger partial charge in [0.1, 0.15) is 11.4 Å². The Labute approximate surface area is 138 Å². The van der Waals surface area contributed by atoms with Crippen LogP contribution in [-0.2, 0) is 0 Å². The van der Waals surface area contributed by atoms with E-state index >= 15 is 0 Å². The maximum atomic E-state index is 12.6. The second kappa shape index (κ2) is 5.66. The minimum Gasteiger partial charge on any atom is -0.348 e. The Morgan fingerprint density at radius 1 is 1.26 bits per heavy atom. The van der Waals surface area contributed by atoms with Crippen LogP contribution in [-0.4, -0.2) is 21.7 Å². The van der Waals surface area contributed by atoms with Crippen molar-refractivity contribution in [2.75, 3.05) is 0 Å². The van der Waals surface area contributed by atoms with Crippen LogP contribution in [0.2, 0.25) is 0 Å². The van der Waals surface area contributed by atoms with Crippen LogP contribution < -0.4 is 5.32 Å². The van der Waals surface area contributed by atoms with Gasteiger partial charge in [-0.1, -0.05) is 18.2 Å². The molecule has 0 radical (unpaired) electrons. The van der Waals surface area contributed by atoms with Gasteiger partial charge in [-0.25, -0.2) is 4.68 Å². The van der Waals surface area contributed by atoms with Gasteiger partial charge in [-0.05, 0) is 55.0 Å². The number of benzene rings is 1. The summed E-state index contributed by atoms with van der Waals surface area (Å²) in [5.41, 5.74) is 3.48. The molecular formula is C18H17N3OS. The van der Waals surface area contributed by atoms with Gasteiger partial charge >= 0.3 is 0 Å². The largest absolute Gasteiger partial charge is 0.348 e. The number of rotatable bonds is 4. The van der Waals surface area contributed by atoms with Crippen molar-refractivity contribution in [3.05, 3.63) is 59.1 Å². The maximum Gasteiger partial charge on any atom is 0.270 e. The van der Waals surface area contributed by atoms with Crippen LogP contribution in [0.4, 0.5) is 0 Å². The molecule has 1 amide bonds. The topological polar surface area (TPSA) is 46.9 Å². The molecule has 5 heteroatoms. The molecule has 3 aromatic rings. The number of nitrogens with zero attached hydrogens (tertiary/aromatic N) is 2. The van der Waals surface area contributed by atoms with Crippen molar-refractivity contribution in [1.29, 1.82) is 0 Å². The lowest BCUT2D eigenvalue weighted by Crippen LogP contribution is -2.27. The highest BCUT2D eigenvalue weighted by Gasteiger charge is 2.26. The Balaban J connectivity index is 1.79. The molecule has 1 aliphatic rings. The molecule has 1 N–H and O–H groups in total. The maximum absolute atomic E-state index is 12.6. The van der Waals surface area contributed by atoms with Gasteiger partial charge in [0.2, 0.25) is 0 Å². The molecule has 1 fully saturated rings. The van der Waals surface area contributed by atoms with Gasteiger partial charge < -0.3 is 5.32 Å². The predicted octanol–water partition coefficient (Wildman–Crippen LogP) is 3.80. The molecule has 116 valence electrons. The van der Waals surface area contributed by atoms with Crippen LogP contribution in [0.1, 0.15) is 28.9 Å². The molecule has 4 nitrogen and oxygen atoms in total. The van der Waals surface area contributed by atoms with E-state index in [0.29, 0.717) is 11.7 Å². The molecule has 4 rings (SSSR count). The van der Waals surface area contributed by atoms with Gasteiger partial charge in [0, 0.05) is 6.04 Å². The van der Waals surface area contributed by atoms with Crippen molar-refractivity contribution in [2.45, 2.75) is 25.8 Å². The van der Waals surface area contributed by atoms with Gasteiger partial charge in [-0.3, -0.25) is 4.79 Å². The monoisotopic (exact) mass is 323 g/mol. The van der Waals surface area contributed by atoms with Crippen molar-refractivity contribution < 1.29 is 4.79 Å². The highest BCUT2D eigenvalue weighted by molar-refractivity contribution is 7.13. The second-order valence-electron chi connectivity index (χ2n) is 5.89. The number of nitrogens with one attached hydrogen (secondary N) is 1. The summed E-state index contributed by atoms with van der Waals surface area (Å²) in [6.45, 7) is 2.04. The second-order valence-corrected chi connectivity index (χ2v) is 6.84. The first-order valence-electron chi connectivity index (χ1n) is 7.72. The summed E-state index contributed by atoms with van der Waals surface area (Å²) in [5.74, 6) is -0.0516. The van der Waals surface area contributed by atoms with E-state index in [0.717, 1.165) is 34.7 Å². The molecule has 2 heterocycles. The average Bonchev–Trinajstić information content (AvgIpc) is 3.06. The first kappa shape index (κ1) is 14.2. The third-order valence-electron chi connectivity index (χ3n) is 3.87. The fraction of sp³-hybridized carbons (Fsp3) is 0.222. The number of carbonyl (C=O) groups is 1. The van der Waals surface area contributed by atoms with E-state index in [1.54, 1.807) is 16.0 Å². The summed E-state index contributed by atoms with van der Waals surface area (Å²) in [6.07, 6.45) is 2.14. The first-order valence-corrected chi connectivity index (χ1v) is 8.60. The summed E-state index contributed by atoms with van der Waals surface area (Å²) in [4.78, 5) is 13.7. The van der Waals surface area contributed by atoms with E-state index in [-0.39, 0.29) is 5.91 Å². The highest BCUT2D eigenvalue weighted by atomic mass is 32.1. The summed E-state index contributed by atoms with van der Waals surface area (Å²) >= 11 is 1.63. The van der Waals surface area contributed by atoms with Crippen molar-refractivity contribution in [2.24, 2.45) is 0 Å². The van der Waals surface area contributed by atoms with E-state index in [2.05, 4.69) is 10.4 Å². The summed E-state index contributed by atoms with van der Waals surface area (Å²) in [6, 6.07) is 14.3. The Kier molecular flexibility index (Phi) is 3.50. The number of aromatic nitrogens is 2. The lowest BCUT2D eigenvalue weighted by atomic mass is 10.2. The third kappa shape index (κ3) is 2.92. The zero-order chi connectivity index (χ0) is 15.8. The molecule has 0 spiro atoms. The zero-order valence-electron chi connectivity index (χ0n) is 12.8. The van der Waals surface area contributed by atoms with Crippen LogP contribution in [0.3, 0.4) is 0 Å². The third-order valence-corrected chi connectivity index (χ3v) is 4.77. The van der Waals surface area contributed by atoms with Gasteiger partial charge in [0.15, 0.2) is 0 Å². The van der Waals surface area contributed by atoms with Crippen molar-refractivity contribution in [3.8, 4) is 16.3 Å². The SMILES string of the molecule is Cc1cccc(-n2nc(-c3cccs3)cc2C(=O)NC2CC2)c1. The van der Waals surface area contributed by atoms with Gasteiger partial charge in [-0.15, -0.1) is 11.3 Å². The molecular weight excluding hydrogens is 306 g/mol. The lowest BCUT2D eigenvalue weighted by molar-refractivity contribution is 0.0943. The fourth-order valence-corrected chi connectivity index (χ4v) is 3.21. The molecule has 0 saturated heterocycles. The predicted molar refractivity (Wildman–Crippen MR) is 92.1 cm³/mol. The van der Waals surface area contributed by atoms with Crippen molar-refractivity contribution >= 4 is 17.2 Å². The number of hydrogen-bond donors (Lipinski definition) is 1. The van der Waals surface area contributed by atoms with E-state index in [9.17, 15) is 4.79 Å². The van der Waals surface area contributed by atoms with Gasteiger partial charge in [-0.2, -0.15) is 5.10 Å². The molecule has 0 atom stereocenters. The van der Waals surface area contributed by atoms with Crippen LogP contribution in [0.5, 0.6) is 0 Å². The average molecular weight is 323 g/mol. The van der Waals surface area contributed by atoms with Gasteiger partial charge in [0.25, 0.3) is 5.91 Å². The van der Waals surface area contributed by atoms with Gasteiger partial charge in [0.05, 0.1) is 10.6 Å². The summed E-state index contributed by atoms with van der Waals surface area (Å²) in [7, 11) is 0. The molecule has 23 heavy (non-hydrogen) atoms. The molecule has 1 saturated carbocycles. The molecule has 0 unspecified atom stereocenters. The van der Waals surface area contributed by atoms with Crippen LogP contribution in [0.15, 0.2) is 47.8 Å². The smallest absolute Gasteiger partial charge is 0.270 e. The fourth-order valence-electron chi connectivity index (χ4n) is 2.53. The molecule has 1 aliphatic carbocycles. The van der Waals surface area contributed by atoms with Crippen molar-refractivity contribution in [3.63, 3.8) is 0 Å². The minimum absolute atomic E-state index is 0.0516. The first-order chi connectivity index (χ1) is 11.2. The van der Waals surface area contributed by atoms with E-state index in [1.165, 1.54) is 0 Å². The van der Waals surface area contributed by atoms with Crippen LogP contribution in [0.25, 0.3) is 16.3 Å². The van der Waals surface area contributed by atoms with Crippen LogP contribution >= 0.6 is 11.3 Å². The van der Waals surface area contributed by atoms with Crippen molar-refractivity contribution in [1.82, 2.24) is 15.1 Å². The number of amides is 1. The number of hydrogen-bond acceptors (Lipinski definition) is 3. The zero-order valence-corrected chi connectivity index (χ0v) is 13.6. The summed E-state index contributed by atoms with van der Waals surface area (Å²) < 4.78 is 1.75. The molecule has 0 bridgehead atoms. The quantitative estimate of drug-likeness (QED) is 0.794. The lowest BCUT2D eigenvalue weighted by Gasteiger charge is -2.08. The van der Waals surface area contributed by atoms with E-state index in [1.807, 2.05) is 54.8 Å².